The molecule has 0 aliphatic carbocycles. The molecular formula is C13H13N3O2. The number of hydrogen-bond donors (Lipinski definition) is 2. The number of hydrogen-bond acceptors (Lipinski definition) is 5. The van der Waals surface area contributed by atoms with Gasteiger partial charge in [0.25, 0.3) is 0 Å². The average Bonchev–Trinajstić information content (AvgIpc) is 2.45. The lowest BCUT2D eigenvalue weighted by molar-refractivity contribution is 0.416. The summed E-state index contributed by atoms with van der Waals surface area (Å²) in [6, 6.07) is 14.7. The summed E-state index contributed by atoms with van der Waals surface area (Å²) >= 11 is 0. The van der Waals surface area contributed by atoms with Crippen LogP contribution in [0.1, 0.15) is 0 Å². The molecule has 0 unspecified atom stereocenters. The lowest BCUT2D eigenvalue weighted by atomic mass is 10.2. The standard InChI is InChI=1S/C13H13N3O2/c1-18-13-9-11(7-8-12(13)16-17)15-14-10-5-3-2-4-6-10/h2-9,14-15H,1H3. The summed E-state index contributed by atoms with van der Waals surface area (Å²) in [5.41, 5.74) is 8.05. The van der Waals surface area contributed by atoms with Crippen molar-refractivity contribution in [1.29, 1.82) is 0 Å². The topological polar surface area (TPSA) is 62.7 Å². The summed E-state index contributed by atoms with van der Waals surface area (Å²) in [6.07, 6.45) is 0. The molecule has 0 atom stereocenters. The molecule has 5 nitrogen and oxygen atoms in total. The first-order valence-corrected chi connectivity index (χ1v) is 5.42. The van der Waals surface area contributed by atoms with E-state index in [0.717, 1.165) is 11.4 Å². The summed E-state index contributed by atoms with van der Waals surface area (Å²) in [5, 5.41) is 2.88. The number of benzene rings is 2. The molecule has 0 aliphatic heterocycles. The molecule has 2 aromatic rings. The van der Waals surface area contributed by atoms with Crippen LogP contribution in [0.5, 0.6) is 5.75 Å². The van der Waals surface area contributed by atoms with Crippen molar-refractivity contribution < 1.29 is 4.74 Å². The van der Waals surface area contributed by atoms with Gasteiger partial charge in [0, 0.05) is 6.07 Å². The number of rotatable bonds is 5. The normalized spacial score (nSPS) is 9.61. The van der Waals surface area contributed by atoms with Gasteiger partial charge in [-0.1, -0.05) is 18.2 Å². The highest BCUT2D eigenvalue weighted by Crippen LogP contribution is 2.30. The van der Waals surface area contributed by atoms with Gasteiger partial charge in [0.15, 0.2) is 0 Å². The Kier molecular flexibility index (Phi) is 3.76. The van der Waals surface area contributed by atoms with Gasteiger partial charge in [-0.15, -0.1) is 4.91 Å². The molecule has 0 radical (unpaired) electrons. The SMILES string of the molecule is COc1cc(NNc2ccccc2)ccc1N=O. The van der Waals surface area contributed by atoms with Crippen molar-refractivity contribution in [3.63, 3.8) is 0 Å². The molecule has 0 aromatic heterocycles. The molecule has 0 saturated carbocycles. The van der Waals surface area contributed by atoms with Crippen molar-refractivity contribution in [3.8, 4) is 5.75 Å². The zero-order chi connectivity index (χ0) is 12.8. The van der Waals surface area contributed by atoms with Gasteiger partial charge in [-0.05, 0) is 29.4 Å². The molecule has 92 valence electrons. The maximum Gasteiger partial charge on any atom is 0.150 e. The van der Waals surface area contributed by atoms with Crippen LogP contribution in [0.4, 0.5) is 17.1 Å². The highest BCUT2D eigenvalue weighted by Gasteiger charge is 2.04. The first kappa shape index (κ1) is 11.9. The Balaban J connectivity index is 2.08. The van der Waals surface area contributed by atoms with Crippen molar-refractivity contribution in [3.05, 3.63) is 53.4 Å². The quantitative estimate of drug-likeness (QED) is 0.623. The van der Waals surface area contributed by atoms with E-state index in [2.05, 4.69) is 16.0 Å². The van der Waals surface area contributed by atoms with E-state index in [1.165, 1.54) is 7.11 Å². The van der Waals surface area contributed by atoms with Crippen molar-refractivity contribution in [2.75, 3.05) is 18.0 Å². The minimum atomic E-state index is 0.280. The van der Waals surface area contributed by atoms with Crippen molar-refractivity contribution in [2.24, 2.45) is 5.18 Å². The third kappa shape index (κ3) is 2.76. The molecule has 2 N–H and O–H groups in total. The Morgan fingerprint density at radius 2 is 1.72 bits per heavy atom. The predicted molar refractivity (Wildman–Crippen MR) is 72.1 cm³/mol. The maximum absolute atomic E-state index is 10.5. The van der Waals surface area contributed by atoms with E-state index in [-0.39, 0.29) is 5.69 Å². The zero-order valence-electron chi connectivity index (χ0n) is 9.88. The smallest absolute Gasteiger partial charge is 0.150 e. The Morgan fingerprint density at radius 3 is 2.39 bits per heavy atom. The molecule has 0 bridgehead atoms. The Hall–Kier alpha value is -2.56. The van der Waals surface area contributed by atoms with E-state index >= 15 is 0 Å². The number of nitroso groups, excluding NO2 is 1. The molecule has 2 rings (SSSR count). The van der Waals surface area contributed by atoms with E-state index in [9.17, 15) is 4.91 Å². The third-order valence-corrected chi connectivity index (χ3v) is 2.40. The molecule has 5 heteroatoms. The number of nitrogens with one attached hydrogen (secondary N) is 2. The number of para-hydroxylation sites is 1. The van der Waals surface area contributed by atoms with Crippen molar-refractivity contribution >= 4 is 17.1 Å². The minimum Gasteiger partial charge on any atom is -0.494 e. The molecule has 0 saturated heterocycles. The van der Waals surface area contributed by atoms with Crippen molar-refractivity contribution in [2.45, 2.75) is 0 Å². The summed E-state index contributed by atoms with van der Waals surface area (Å²) in [4.78, 5) is 10.5. The van der Waals surface area contributed by atoms with Crippen LogP contribution in [-0.2, 0) is 0 Å². The van der Waals surface area contributed by atoms with Gasteiger partial charge in [-0.25, -0.2) is 0 Å². The molecule has 0 heterocycles. The van der Waals surface area contributed by atoms with E-state index in [1.807, 2.05) is 30.3 Å². The largest absolute Gasteiger partial charge is 0.494 e. The third-order valence-electron chi connectivity index (χ3n) is 2.40. The van der Waals surface area contributed by atoms with E-state index < -0.39 is 0 Å². The van der Waals surface area contributed by atoms with Crippen LogP contribution in [0, 0.1) is 4.91 Å². The first-order chi connectivity index (χ1) is 8.83. The lowest BCUT2D eigenvalue weighted by Crippen LogP contribution is -2.08. The van der Waals surface area contributed by atoms with E-state index in [4.69, 9.17) is 4.74 Å². The lowest BCUT2D eigenvalue weighted by Gasteiger charge is -2.11. The molecule has 0 fully saturated rings. The van der Waals surface area contributed by atoms with Crippen LogP contribution in [0.15, 0.2) is 53.7 Å². The van der Waals surface area contributed by atoms with Crippen molar-refractivity contribution in [1.82, 2.24) is 0 Å². The molecule has 0 spiro atoms. The van der Waals surface area contributed by atoms with Gasteiger partial charge in [-0.3, -0.25) is 0 Å². The predicted octanol–water partition coefficient (Wildman–Crippen LogP) is 3.53. The van der Waals surface area contributed by atoms with Crippen LogP contribution in [0.25, 0.3) is 0 Å². The number of hydrazine groups is 1. The van der Waals surface area contributed by atoms with Gasteiger partial charge in [0.05, 0.1) is 18.5 Å². The number of anilines is 2. The molecule has 18 heavy (non-hydrogen) atoms. The highest BCUT2D eigenvalue weighted by molar-refractivity contribution is 5.62. The second kappa shape index (κ2) is 5.67. The van der Waals surface area contributed by atoms with Crippen LogP contribution in [0.2, 0.25) is 0 Å². The van der Waals surface area contributed by atoms with Crippen LogP contribution in [-0.4, -0.2) is 7.11 Å². The molecule has 0 aliphatic rings. The average molecular weight is 243 g/mol. The van der Waals surface area contributed by atoms with Crippen LogP contribution in [0.3, 0.4) is 0 Å². The van der Waals surface area contributed by atoms with Gasteiger partial charge in [-0.2, -0.15) is 0 Å². The zero-order valence-corrected chi connectivity index (χ0v) is 9.88. The number of methoxy groups -OCH3 is 1. The summed E-state index contributed by atoms with van der Waals surface area (Å²) in [6.45, 7) is 0. The van der Waals surface area contributed by atoms with Gasteiger partial charge < -0.3 is 15.6 Å². The fraction of sp³-hybridized carbons (Fsp3) is 0.0769. The minimum absolute atomic E-state index is 0.280. The Bertz CT molecular complexity index is 529. The number of ether oxygens (including phenoxy) is 1. The summed E-state index contributed by atoms with van der Waals surface area (Å²) in [5.74, 6) is 0.435. The Labute approximate surface area is 105 Å². The monoisotopic (exact) mass is 243 g/mol. The first-order valence-electron chi connectivity index (χ1n) is 5.42. The van der Waals surface area contributed by atoms with E-state index in [0.29, 0.717) is 5.75 Å². The highest BCUT2D eigenvalue weighted by atomic mass is 16.5. The summed E-state index contributed by atoms with van der Waals surface area (Å²) in [7, 11) is 1.50. The van der Waals surface area contributed by atoms with Gasteiger partial charge in [0.1, 0.15) is 11.4 Å². The fourth-order valence-electron chi connectivity index (χ4n) is 1.50. The maximum atomic E-state index is 10.5. The Morgan fingerprint density at radius 1 is 1.00 bits per heavy atom. The van der Waals surface area contributed by atoms with Crippen LogP contribution >= 0.6 is 0 Å². The molecule has 2 aromatic carbocycles. The van der Waals surface area contributed by atoms with Crippen LogP contribution < -0.4 is 15.6 Å². The second-order valence-electron chi connectivity index (χ2n) is 3.59. The number of nitrogens with zero attached hydrogens (tertiary/aromatic N) is 1. The van der Waals surface area contributed by atoms with Gasteiger partial charge in [0.2, 0.25) is 0 Å². The van der Waals surface area contributed by atoms with Gasteiger partial charge >= 0.3 is 0 Å². The summed E-state index contributed by atoms with van der Waals surface area (Å²) < 4.78 is 5.07. The fourth-order valence-corrected chi connectivity index (χ4v) is 1.50. The van der Waals surface area contributed by atoms with E-state index in [1.54, 1.807) is 18.2 Å². The molecular weight excluding hydrogens is 230 g/mol. The molecule has 0 amide bonds. The second-order valence-corrected chi connectivity index (χ2v) is 3.59.